The molecule has 0 amide bonds. The number of aliphatic hydroxyl groups is 2. The first-order chi connectivity index (χ1) is 8.62. The summed E-state index contributed by atoms with van der Waals surface area (Å²) < 4.78 is 22.8. The molecule has 0 aromatic rings. The number of ether oxygens (including phenoxy) is 1. The van der Waals surface area contributed by atoms with E-state index in [1.54, 1.807) is 0 Å². The van der Waals surface area contributed by atoms with Gasteiger partial charge in [-0.2, -0.15) is 0 Å². The van der Waals surface area contributed by atoms with E-state index < -0.39 is 30.4 Å². The van der Waals surface area contributed by atoms with Gasteiger partial charge in [-0.05, 0) is 6.42 Å². The average molecular weight is 279 g/mol. The summed E-state index contributed by atoms with van der Waals surface area (Å²) in [6.45, 7) is 5.80. The predicted octanol–water partition coefficient (Wildman–Crippen LogP) is -0.351. The molecule has 0 radical (unpaired) electrons. The van der Waals surface area contributed by atoms with E-state index in [4.69, 9.17) is 9.84 Å². The normalized spacial score (nSPS) is 31.8. The second kappa shape index (κ2) is 7.76. The van der Waals surface area contributed by atoms with Gasteiger partial charge in [0.25, 0.3) is 0 Å². The smallest absolute Gasteiger partial charge is 0.394 e. The molecule has 18 heavy (non-hydrogen) atoms. The van der Waals surface area contributed by atoms with Crippen molar-refractivity contribution in [3.63, 3.8) is 0 Å². The zero-order valence-corrected chi connectivity index (χ0v) is 11.2. The number of nitrogens with one attached hydrogen (secondary N) is 1. The molecule has 7 heteroatoms. The minimum Gasteiger partial charge on any atom is -0.394 e. The molecule has 104 valence electrons. The Balaban J connectivity index is 2.54. The Morgan fingerprint density at radius 1 is 1.67 bits per heavy atom. The van der Waals surface area contributed by atoms with Crippen LogP contribution in [0.5, 0.6) is 0 Å². The molecule has 1 rings (SSSR count). The molecule has 1 saturated heterocycles. The Morgan fingerprint density at radius 3 is 2.94 bits per heavy atom. The second-order valence-corrected chi connectivity index (χ2v) is 5.19. The lowest BCUT2D eigenvalue weighted by Gasteiger charge is -2.33. The largest absolute Gasteiger partial charge is 0.405 e. The summed E-state index contributed by atoms with van der Waals surface area (Å²) in [5.41, 5.74) is -0.481. The number of aliphatic hydroxyl groups excluding tert-OH is 2. The maximum Gasteiger partial charge on any atom is 0.405 e. The molecule has 0 aromatic carbocycles. The zero-order valence-electron chi connectivity index (χ0n) is 10.4. The number of halogens is 1. The molecule has 3 N–H and O–H groups in total. The third-order valence-electron chi connectivity index (χ3n) is 2.59. The molecule has 5 nitrogen and oxygen atoms in total. The van der Waals surface area contributed by atoms with Crippen LogP contribution >= 0.6 is 11.8 Å². The van der Waals surface area contributed by atoms with Gasteiger partial charge in [0, 0.05) is 18.2 Å². The van der Waals surface area contributed by atoms with Crippen molar-refractivity contribution < 1.29 is 19.3 Å². The molecule has 4 atom stereocenters. The highest BCUT2D eigenvalue weighted by atomic mass is 32.2. The topological polar surface area (TPSA) is 75.8 Å². The molecule has 0 aromatic heterocycles. The van der Waals surface area contributed by atoms with Gasteiger partial charge in [0.15, 0.2) is 6.72 Å². The molecule has 1 aliphatic rings. The van der Waals surface area contributed by atoms with Gasteiger partial charge in [-0.25, -0.2) is 9.06 Å². The molecule has 0 saturated carbocycles. The van der Waals surface area contributed by atoms with Crippen LogP contribution in [-0.4, -0.2) is 59.1 Å². The first-order valence-electron chi connectivity index (χ1n) is 5.95. The monoisotopic (exact) mass is 279 g/mol. The number of thioether (sulfide) groups is 1. The highest BCUT2D eigenvalue weighted by Crippen LogP contribution is 2.29. The van der Waals surface area contributed by atoms with Crippen molar-refractivity contribution in [1.29, 1.82) is 0 Å². The van der Waals surface area contributed by atoms with Gasteiger partial charge in [0.2, 0.25) is 0 Å². The first kappa shape index (κ1) is 15.5. The van der Waals surface area contributed by atoms with Crippen LogP contribution in [0.4, 0.5) is 4.39 Å². The fraction of sp³-hybridized carbons (Fsp3) is 0.818. The number of amidine groups is 1. The Kier molecular flexibility index (Phi) is 6.67. The van der Waals surface area contributed by atoms with Gasteiger partial charge in [-0.15, -0.1) is 0 Å². The second-order valence-electron chi connectivity index (χ2n) is 4.04. The van der Waals surface area contributed by atoms with Crippen molar-refractivity contribution in [3.8, 4) is 0 Å². The maximum atomic E-state index is 13.5. The van der Waals surface area contributed by atoms with Gasteiger partial charge in [-0.1, -0.05) is 6.92 Å². The lowest BCUT2D eigenvalue weighted by Crippen LogP contribution is -2.48. The van der Waals surface area contributed by atoms with Crippen molar-refractivity contribution in [2.24, 2.45) is 0 Å². The van der Waals surface area contributed by atoms with Gasteiger partial charge in [0.05, 0.1) is 13.2 Å². The van der Waals surface area contributed by atoms with Crippen LogP contribution in [0.2, 0.25) is 0 Å². The van der Waals surface area contributed by atoms with Crippen molar-refractivity contribution in [2.45, 2.75) is 43.6 Å². The molecule has 1 fully saturated rings. The quantitative estimate of drug-likeness (QED) is 0.372. The standard InChI is InChI=1S/C11H19FN2O3S/c1-3-4-14-11(13-2)18-9-5-7(12)10(16)8(6-15)17-9/h7-10,15-16H,2-6H2,1H3/p+1. The van der Waals surface area contributed by atoms with Crippen molar-refractivity contribution in [1.82, 2.24) is 9.98 Å². The number of hydrogen-bond acceptors (Lipinski definition) is 4. The third kappa shape index (κ3) is 4.26. The van der Waals surface area contributed by atoms with Crippen LogP contribution in [0.3, 0.4) is 0 Å². The molecule has 0 aliphatic carbocycles. The Morgan fingerprint density at radius 2 is 2.39 bits per heavy atom. The highest BCUT2D eigenvalue weighted by molar-refractivity contribution is 8.14. The van der Waals surface area contributed by atoms with E-state index >= 15 is 0 Å². The summed E-state index contributed by atoms with van der Waals surface area (Å²) in [5, 5.41) is 22.1. The lowest BCUT2D eigenvalue weighted by molar-refractivity contribution is -0.137. The van der Waals surface area contributed by atoms with E-state index in [-0.39, 0.29) is 6.42 Å². The van der Waals surface area contributed by atoms with Gasteiger partial charge in [0.1, 0.15) is 23.8 Å². The number of hydrogen-bond donors (Lipinski definition) is 3. The summed E-state index contributed by atoms with van der Waals surface area (Å²) >= 11 is 1.22. The van der Waals surface area contributed by atoms with Gasteiger partial charge < -0.3 is 14.9 Å². The van der Waals surface area contributed by atoms with Crippen LogP contribution in [0.1, 0.15) is 19.8 Å². The van der Waals surface area contributed by atoms with Crippen molar-refractivity contribution >= 4 is 23.6 Å². The van der Waals surface area contributed by atoms with Gasteiger partial charge >= 0.3 is 5.17 Å². The minimum absolute atomic E-state index is 0.0646. The van der Waals surface area contributed by atoms with E-state index in [1.165, 1.54) is 11.8 Å². The van der Waals surface area contributed by atoms with Gasteiger partial charge in [-0.3, -0.25) is 5.32 Å². The fourth-order valence-corrected chi connectivity index (χ4v) is 2.59. The molecular formula is C11H20FN2O3S+. The fourth-order valence-electron chi connectivity index (χ4n) is 1.61. The summed E-state index contributed by atoms with van der Waals surface area (Å²) in [6, 6.07) is 0. The summed E-state index contributed by atoms with van der Waals surface area (Å²) in [4.78, 5) is 0. The van der Waals surface area contributed by atoms with Crippen LogP contribution in [-0.2, 0) is 4.74 Å². The highest BCUT2D eigenvalue weighted by Gasteiger charge is 2.39. The molecular weight excluding hydrogens is 259 g/mol. The number of rotatable bonds is 4. The predicted molar refractivity (Wildman–Crippen MR) is 71.4 cm³/mol. The first-order valence-corrected chi connectivity index (χ1v) is 6.83. The molecule has 4 unspecified atom stereocenters. The summed E-state index contributed by atoms with van der Waals surface area (Å²) in [5.74, 6) is 0. The molecule has 1 heterocycles. The van der Waals surface area contributed by atoms with E-state index in [1.807, 2.05) is 6.92 Å². The number of alkyl halides is 1. The Bertz CT molecular complexity index is 313. The minimum atomic E-state index is -1.40. The Labute approximate surface area is 110 Å². The molecule has 1 aliphatic heterocycles. The van der Waals surface area contributed by atoms with E-state index in [2.05, 4.69) is 16.7 Å². The summed E-state index contributed by atoms with van der Waals surface area (Å²) in [6.07, 6.45) is -2.55. The van der Waals surface area contributed by atoms with E-state index in [0.717, 1.165) is 13.0 Å². The van der Waals surface area contributed by atoms with Crippen molar-refractivity contribution in [2.75, 3.05) is 13.2 Å². The molecule has 0 spiro atoms. The lowest BCUT2D eigenvalue weighted by atomic mass is 10.0. The maximum absolute atomic E-state index is 13.5. The zero-order chi connectivity index (χ0) is 13.5. The molecule has 0 bridgehead atoms. The van der Waals surface area contributed by atoms with E-state index in [9.17, 15) is 9.50 Å². The van der Waals surface area contributed by atoms with E-state index in [0.29, 0.717) is 5.17 Å². The van der Waals surface area contributed by atoms with Crippen LogP contribution in [0.15, 0.2) is 0 Å². The van der Waals surface area contributed by atoms with Crippen LogP contribution in [0, 0.1) is 0 Å². The SMILES string of the molecule is C=[N+]=C(NCCC)SC1CC(F)C(O)C(CO)O1. The number of nitrogens with zero attached hydrogens (tertiary/aromatic N) is 1. The third-order valence-corrected chi connectivity index (χ3v) is 3.65. The van der Waals surface area contributed by atoms with Crippen molar-refractivity contribution in [3.05, 3.63) is 0 Å². The summed E-state index contributed by atoms with van der Waals surface area (Å²) in [7, 11) is 0. The Hall–Kier alpha value is -0.590. The van der Waals surface area contributed by atoms with Crippen LogP contribution < -0.4 is 9.98 Å². The van der Waals surface area contributed by atoms with Crippen LogP contribution in [0.25, 0.3) is 0 Å². The average Bonchev–Trinajstić information content (AvgIpc) is 2.38.